The van der Waals surface area contributed by atoms with Gasteiger partial charge in [0.15, 0.2) is 0 Å². The van der Waals surface area contributed by atoms with Gasteiger partial charge in [-0.25, -0.2) is 4.79 Å². The van der Waals surface area contributed by atoms with Crippen LogP contribution in [-0.2, 0) is 2.81 Å². The van der Waals surface area contributed by atoms with Gasteiger partial charge in [0.05, 0.1) is 0 Å². The molecule has 0 amide bonds. The molecule has 63 valence electrons. The minimum atomic E-state index is -1.11. The number of aromatic carboxylic acids is 1. The molecule has 0 heterocycles. The average molecular weight is 363 g/mol. The van der Waals surface area contributed by atoms with Gasteiger partial charge in [0, 0.05) is 0 Å². The SMILES string of the molecule is O=C(O)c1ccccc1O.[O]=[Bi]. The fourth-order valence-electron chi connectivity index (χ4n) is 0.654. The normalized spacial score (nSPS) is 8.00. The molecule has 1 radical (unpaired) electrons. The van der Waals surface area contributed by atoms with Gasteiger partial charge in [0.25, 0.3) is 0 Å². The standard InChI is InChI=1S/C7H6O3.Bi.O/c8-6-4-2-1-3-5(6)7(9)10;;/h1-4,8H,(H,9,10);;. The van der Waals surface area contributed by atoms with Crippen LogP contribution in [0.1, 0.15) is 10.4 Å². The van der Waals surface area contributed by atoms with Crippen molar-refractivity contribution in [2.45, 2.75) is 0 Å². The average Bonchev–Trinajstić information content (AvgIpc) is 2.08. The number of hydrogen-bond donors (Lipinski definition) is 2. The summed E-state index contributed by atoms with van der Waals surface area (Å²) in [6.45, 7) is 0. The summed E-state index contributed by atoms with van der Waals surface area (Å²) in [5, 5.41) is 17.3. The molecular weight excluding hydrogens is 357 g/mol. The van der Waals surface area contributed by atoms with Crippen molar-refractivity contribution < 1.29 is 17.8 Å². The fourth-order valence-corrected chi connectivity index (χ4v) is 0.654. The van der Waals surface area contributed by atoms with Gasteiger partial charge in [0.1, 0.15) is 11.3 Å². The molecule has 0 bridgehead atoms. The molecule has 0 aliphatic carbocycles. The minimum absolute atomic E-state index is 0.0671. The Morgan fingerprint density at radius 2 is 1.75 bits per heavy atom. The van der Waals surface area contributed by atoms with Crippen LogP contribution < -0.4 is 0 Å². The Hall–Kier alpha value is -0.827. The zero-order chi connectivity index (χ0) is 9.56. The molecule has 4 nitrogen and oxygen atoms in total. The summed E-state index contributed by atoms with van der Waals surface area (Å²) in [6.07, 6.45) is 0. The number of carbonyl (C=O) groups is 1. The number of rotatable bonds is 1. The van der Waals surface area contributed by atoms with E-state index in [0.29, 0.717) is 0 Å². The van der Waals surface area contributed by atoms with Crippen LogP contribution in [-0.4, -0.2) is 40.9 Å². The summed E-state index contributed by atoms with van der Waals surface area (Å²) in [5.41, 5.74) is -0.0671. The Morgan fingerprint density at radius 1 is 1.25 bits per heavy atom. The van der Waals surface area contributed by atoms with Gasteiger partial charge < -0.3 is 10.2 Å². The van der Waals surface area contributed by atoms with Gasteiger partial charge in [-0.05, 0) is 12.1 Å². The predicted octanol–water partition coefficient (Wildman–Crippen LogP) is 0.591. The molecule has 0 atom stereocenters. The van der Waals surface area contributed by atoms with E-state index in [9.17, 15) is 4.79 Å². The van der Waals surface area contributed by atoms with Crippen LogP contribution >= 0.6 is 0 Å². The van der Waals surface area contributed by atoms with E-state index >= 15 is 0 Å². The summed E-state index contributed by atoms with van der Waals surface area (Å²) in [4.78, 5) is 10.3. The van der Waals surface area contributed by atoms with Crippen molar-refractivity contribution in [2.75, 3.05) is 0 Å². The Kier molecular flexibility index (Phi) is 5.38. The molecule has 0 saturated heterocycles. The van der Waals surface area contributed by atoms with Crippen molar-refractivity contribution in [3.8, 4) is 5.75 Å². The van der Waals surface area contributed by atoms with Gasteiger partial charge in [-0.15, -0.1) is 0 Å². The van der Waals surface area contributed by atoms with Gasteiger partial charge in [-0.1, -0.05) is 12.1 Å². The number of carboxylic acids is 1. The molecule has 1 rings (SSSR count). The summed E-state index contributed by atoms with van der Waals surface area (Å²) in [7, 11) is 0. The van der Waals surface area contributed by atoms with E-state index in [0.717, 1.165) is 0 Å². The first-order valence-electron chi connectivity index (χ1n) is 2.91. The van der Waals surface area contributed by atoms with Crippen molar-refractivity contribution in [3.05, 3.63) is 29.8 Å². The maximum absolute atomic E-state index is 10.3. The molecule has 0 aromatic heterocycles. The van der Waals surface area contributed by atoms with Gasteiger partial charge in [-0.3, -0.25) is 0 Å². The Bertz CT molecular complexity index is 274. The molecule has 0 fully saturated rings. The van der Waals surface area contributed by atoms with Crippen LogP contribution in [0.2, 0.25) is 0 Å². The first-order chi connectivity index (χ1) is 5.72. The predicted molar refractivity (Wildman–Crippen MR) is 41.5 cm³/mol. The zero-order valence-electron chi connectivity index (χ0n) is 5.97. The summed E-state index contributed by atoms with van der Waals surface area (Å²) in [6, 6.07) is 5.81. The molecule has 2 N–H and O–H groups in total. The quantitative estimate of drug-likeness (QED) is 0.717. The molecule has 0 spiro atoms. The van der Waals surface area contributed by atoms with Crippen LogP contribution in [0.3, 0.4) is 0 Å². The first kappa shape index (κ1) is 11.2. The third-order valence-corrected chi connectivity index (χ3v) is 1.13. The summed E-state index contributed by atoms with van der Waals surface area (Å²) < 4.78 is 8.36. The molecule has 0 aliphatic rings. The van der Waals surface area contributed by atoms with E-state index in [1.165, 1.54) is 12.1 Å². The van der Waals surface area contributed by atoms with Crippen molar-refractivity contribution >= 4 is 30.7 Å². The van der Waals surface area contributed by atoms with E-state index in [1.54, 1.807) is 12.1 Å². The van der Waals surface area contributed by atoms with Gasteiger partial charge in [0.2, 0.25) is 0 Å². The van der Waals surface area contributed by atoms with E-state index in [-0.39, 0.29) is 36.0 Å². The number of benzene rings is 1. The molecular formula is C7H6BiO4. The Labute approximate surface area is 84.1 Å². The van der Waals surface area contributed by atoms with Crippen LogP contribution in [0.5, 0.6) is 5.75 Å². The van der Waals surface area contributed by atoms with Crippen LogP contribution in [0.15, 0.2) is 24.3 Å². The fraction of sp³-hybridized carbons (Fsp3) is 0. The molecule has 1 aromatic rings. The van der Waals surface area contributed by atoms with E-state index < -0.39 is 5.97 Å². The van der Waals surface area contributed by atoms with Crippen molar-refractivity contribution in [2.24, 2.45) is 0 Å². The molecule has 0 saturated carbocycles. The number of phenols is 1. The second-order valence-corrected chi connectivity index (χ2v) is 1.82. The summed E-state index contributed by atoms with van der Waals surface area (Å²) >= 11 is 0.194. The third kappa shape index (κ3) is 3.05. The molecule has 0 aliphatic heterocycles. The first-order valence-corrected chi connectivity index (χ1v) is 4.33. The number of carboxylic acid groups (broad SMARTS) is 1. The second kappa shape index (κ2) is 5.78. The third-order valence-electron chi connectivity index (χ3n) is 1.13. The Balaban J connectivity index is 0.000000561. The molecule has 0 unspecified atom stereocenters. The molecule has 1 aromatic carbocycles. The zero-order valence-corrected chi connectivity index (χ0v) is 9.44. The van der Waals surface area contributed by atoms with E-state index in [1.807, 2.05) is 0 Å². The van der Waals surface area contributed by atoms with Crippen LogP contribution in [0.4, 0.5) is 0 Å². The van der Waals surface area contributed by atoms with Crippen LogP contribution in [0, 0.1) is 0 Å². The van der Waals surface area contributed by atoms with E-state index in [4.69, 9.17) is 13.0 Å². The van der Waals surface area contributed by atoms with Crippen molar-refractivity contribution in [3.63, 3.8) is 0 Å². The van der Waals surface area contributed by atoms with E-state index in [2.05, 4.69) is 0 Å². The van der Waals surface area contributed by atoms with Crippen molar-refractivity contribution in [1.29, 1.82) is 0 Å². The number of aromatic hydroxyl groups is 1. The number of hydrogen-bond acceptors (Lipinski definition) is 3. The van der Waals surface area contributed by atoms with Gasteiger partial charge >= 0.3 is 33.5 Å². The van der Waals surface area contributed by atoms with Crippen LogP contribution in [0.25, 0.3) is 0 Å². The monoisotopic (exact) mass is 363 g/mol. The molecule has 12 heavy (non-hydrogen) atoms. The Morgan fingerprint density at radius 3 is 2.08 bits per heavy atom. The summed E-state index contributed by atoms with van der Waals surface area (Å²) in [5.74, 6) is -1.31. The molecule has 5 heteroatoms. The topological polar surface area (TPSA) is 74.6 Å². The van der Waals surface area contributed by atoms with Crippen molar-refractivity contribution in [1.82, 2.24) is 0 Å². The number of para-hydroxylation sites is 1. The van der Waals surface area contributed by atoms with Gasteiger partial charge in [-0.2, -0.15) is 0 Å². The maximum atomic E-state index is 10.3. The second-order valence-electron chi connectivity index (χ2n) is 1.82.